The van der Waals surface area contributed by atoms with Crippen molar-refractivity contribution >= 4 is 34.0 Å². The van der Waals surface area contributed by atoms with E-state index in [0.717, 1.165) is 34.9 Å². The Morgan fingerprint density at radius 2 is 1.77 bits per heavy atom. The average Bonchev–Trinajstić information content (AvgIpc) is 3.36. The molecule has 0 saturated carbocycles. The van der Waals surface area contributed by atoms with Gasteiger partial charge in [-0.25, -0.2) is 0 Å². The number of para-hydroxylation sites is 2. The summed E-state index contributed by atoms with van der Waals surface area (Å²) < 4.78 is 8.07. The zero-order chi connectivity index (χ0) is 27.8. The second kappa shape index (κ2) is 12.5. The van der Waals surface area contributed by atoms with E-state index in [0.29, 0.717) is 17.9 Å². The van der Waals surface area contributed by atoms with Crippen molar-refractivity contribution < 1.29 is 19.4 Å². The second-order valence-electron chi connectivity index (χ2n) is 10.0. The number of amides is 1. The summed E-state index contributed by atoms with van der Waals surface area (Å²) in [7, 11) is 0. The summed E-state index contributed by atoms with van der Waals surface area (Å²) >= 11 is 0. The van der Waals surface area contributed by atoms with Crippen LogP contribution in [0.25, 0.3) is 16.5 Å². The Balaban J connectivity index is 1.52. The number of benzene rings is 3. The maximum absolute atomic E-state index is 12.9. The largest absolute Gasteiger partial charge is 0.491 e. The lowest BCUT2D eigenvalue weighted by Crippen LogP contribution is -2.30. The Labute approximate surface area is 229 Å². The standard InChI is InChI=1S/C33H36N2O4/c1-4-19-33(3,27-11-6-5-7-12-27)35-20-18-26-23-25(16-17-29(26)35)24(2)22-31(36)34-28-13-8-9-14-30(28)39-21-10-15-32(37)38/h5-9,11-14,16-18,20,22-23H,4,10,15,19,21H2,1-3H3,(H,34,36)(H,37,38)/b24-22+. The van der Waals surface area contributed by atoms with Crippen LogP contribution in [0.15, 0.2) is 91.1 Å². The van der Waals surface area contributed by atoms with Crippen molar-refractivity contribution in [1.82, 2.24) is 4.57 Å². The van der Waals surface area contributed by atoms with Gasteiger partial charge in [-0.05, 0) is 73.7 Å². The van der Waals surface area contributed by atoms with Gasteiger partial charge in [0.2, 0.25) is 5.91 Å². The molecule has 0 aliphatic rings. The van der Waals surface area contributed by atoms with E-state index in [-0.39, 0.29) is 24.5 Å². The Kier molecular flexibility index (Phi) is 8.87. The molecular formula is C33H36N2O4. The third kappa shape index (κ3) is 6.58. The fourth-order valence-electron chi connectivity index (χ4n) is 5.06. The van der Waals surface area contributed by atoms with E-state index < -0.39 is 5.97 Å². The van der Waals surface area contributed by atoms with Crippen molar-refractivity contribution in [2.75, 3.05) is 11.9 Å². The lowest BCUT2D eigenvalue weighted by molar-refractivity contribution is -0.137. The number of allylic oxidation sites excluding steroid dienone is 1. The topological polar surface area (TPSA) is 80.6 Å². The molecule has 1 amide bonds. The Morgan fingerprint density at radius 3 is 2.51 bits per heavy atom. The zero-order valence-electron chi connectivity index (χ0n) is 22.8. The van der Waals surface area contributed by atoms with Crippen LogP contribution in [0.3, 0.4) is 0 Å². The number of hydrogen-bond acceptors (Lipinski definition) is 3. The van der Waals surface area contributed by atoms with E-state index in [2.05, 4.69) is 84.5 Å². The summed E-state index contributed by atoms with van der Waals surface area (Å²) in [5, 5.41) is 12.8. The van der Waals surface area contributed by atoms with Crippen LogP contribution in [0.2, 0.25) is 0 Å². The maximum Gasteiger partial charge on any atom is 0.303 e. The summed E-state index contributed by atoms with van der Waals surface area (Å²) in [5.74, 6) is -0.605. The van der Waals surface area contributed by atoms with Gasteiger partial charge >= 0.3 is 5.97 Å². The minimum atomic E-state index is -0.860. The van der Waals surface area contributed by atoms with Crippen molar-refractivity contribution in [3.63, 3.8) is 0 Å². The number of carboxylic acid groups (broad SMARTS) is 1. The van der Waals surface area contributed by atoms with Crippen LogP contribution in [0.1, 0.15) is 57.6 Å². The molecule has 202 valence electrons. The van der Waals surface area contributed by atoms with Crippen molar-refractivity contribution in [3.8, 4) is 5.75 Å². The smallest absolute Gasteiger partial charge is 0.303 e. The van der Waals surface area contributed by atoms with Crippen LogP contribution in [0, 0.1) is 0 Å². The number of nitrogens with zero attached hydrogens (tertiary/aromatic N) is 1. The van der Waals surface area contributed by atoms with E-state index in [4.69, 9.17) is 9.84 Å². The molecule has 1 atom stereocenters. The quantitative estimate of drug-likeness (QED) is 0.149. The molecule has 0 fully saturated rings. The first-order valence-corrected chi connectivity index (χ1v) is 13.4. The van der Waals surface area contributed by atoms with Crippen molar-refractivity contribution in [2.24, 2.45) is 0 Å². The molecule has 1 unspecified atom stereocenters. The molecule has 0 spiro atoms. The van der Waals surface area contributed by atoms with Gasteiger partial charge in [-0.1, -0.05) is 61.9 Å². The summed E-state index contributed by atoms with van der Waals surface area (Å²) in [6, 6.07) is 26.2. The molecule has 1 aromatic heterocycles. The molecule has 1 heterocycles. The number of nitrogens with one attached hydrogen (secondary N) is 1. The highest BCUT2D eigenvalue weighted by molar-refractivity contribution is 6.04. The van der Waals surface area contributed by atoms with Crippen LogP contribution in [0.5, 0.6) is 5.75 Å². The summed E-state index contributed by atoms with van der Waals surface area (Å²) in [6.07, 6.45) is 6.27. The number of fused-ring (bicyclic) bond motifs is 1. The lowest BCUT2D eigenvalue weighted by Gasteiger charge is -2.33. The van der Waals surface area contributed by atoms with Crippen molar-refractivity contribution in [2.45, 2.75) is 52.0 Å². The van der Waals surface area contributed by atoms with Gasteiger partial charge in [0.1, 0.15) is 5.75 Å². The number of ether oxygens (including phenoxy) is 1. The number of carbonyl (C=O) groups excluding carboxylic acids is 1. The first-order chi connectivity index (χ1) is 18.8. The molecule has 6 nitrogen and oxygen atoms in total. The third-order valence-electron chi connectivity index (χ3n) is 7.09. The zero-order valence-corrected chi connectivity index (χ0v) is 22.8. The monoisotopic (exact) mass is 524 g/mol. The molecule has 0 aliphatic carbocycles. The van der Waals surface area contributed by atoms with Crippen molar-refractivity contribution in [3.05, 3.63) is 102 Å². The van der Waals surface area contributed by atoms with Crippen LogP contribution in [-0.2, 0) is 15.1 Å². The van der Waals surface area contributed by atoms with E-state index in [9.17, 15) is 9.59 Å². The molecule has 0 aliphatic heterocycles. The van der Waals surface area contributed by atoms with E-state index in [1.807, 2.05) is 19.1 Å². The number of hydrogen-bond donors (Lipinski definition) is 2. The molecule has 39 heavy (non-hydrogen) atoms. The Hall–Kier alpha value is -4.32. The van der Waals surface area contributed by atoms with Gasteiger partial charge in [0.25, 0.3) is 0 Å². The normalized spacial score (nSPS) is 13.2. The Morgan fingerprint density at radius 1 is 1.03 bits per heavy atom. The van der Waals surface area contributed by atoms with Gasteiger partial charge in [-0.3, -0.25) is 9.59 Å². The highest BCUT2D eigenvalue weighted by Gasteiger charge is 2.28. The van der Waals surface area contributed by atoms with Gasteiger partial charge in [-0.15, -0.1) is 0 Å². The highest BCUT2D eigenvalue weighted by Crippen LogP contribution is 2.35. The number of anilines is 1. The fraction of sp³-hybridized carbons (Fsp3) is 0.273. The van der Waals surface area contributed by atoms with E-state index >= 15 is 0 Å². The molecule has 4 aromatic rings. The number of carboxylic acids is 1. The Bertz CT molecular complexity index is 1470. The molecule has 4 rings (SSSR count). The third-order valence-corrected chi connectivity index (χ3v) is 7.09. The molecule has 2 N–H and O–H groups in total. The first-order valence-electron chi connectivity index (χ1n) is 13.4. The van der Waals surface area contributed by atoms with Gasteiger partial charge in [-0.2, -0.15) is 0 Å². The second-order valence-corrected chi connectivity index (χ2v) is 10.0. The predicted octanol–water partition coefficient (Wildman–Crippen LogP) is 7.49. The summed E-state index contributed by atoms with van der Waals surface area (Å²) in [4.78, 5) is 23.6. The van der Waals surface area contributed by atoms with Crippen molar-refractivity contribution in [1.29, 1.82) is 0 Å². The van der Waals surface area contributed by atoms with E-state index in [1.165, 1.54) is 5.56 Å². The summed E-state index contributed by atoms with van der Waals surface area (Å²) in [6.45, 7) is 6.70. The van der Waals surface area contributed by atoms with Crippen LogP contribution >= 0.6 is 0 Å². The van der Waals surface area contributed by atoms with Gasteiger partial charge < -0.3 is 19.7 Å². The molecule has 6 heteroatoms. The number of rotatable bonds is 12. The maximum atomic E-state index is 12.9. The van der Waals surface area contributed by atoms with E-state index in [1.54, 1.807) is 18.2 Å². The van der Waals surface area contributed by atoms with Crippen LogP contribution in [0.4, 0.5) is 5.69 Å². The van der Waals surface area contributed by atoms with Gasteiger partial charge in [0.15, 0.2) is 0 Å². The lowest BCUT2D eigenvalue weighted by atomic mass is 9.87. The SMILES string of the molecule is CCCC(C)(c1ccccc1)n1ccc2cc(/C(C)=C/C(=O)Nc3ccccc3OCCCC(=O)O)ccc21. The molecular weight excluding hydrogens is 488 g/mol. The number of carbonyl (C=O) groups is 2. The predicted molar refractivity (Wildman–Crippen MR) is 157 cm³/mol. The van der Waals surface area contributed by atoms with Gasteiger partial charge in [0, 0.05) is 29.6 Å². The summed E-state index contributed by atoms with van der Waals surface area (Å²) in [5.41, 5.74) is 4.65. The molecule has 0 saturated heterocycles. The first kappa shape index (κ1) is 27.7. The number of aromatic nitrogens is 1. The van der Waals surface area contributed by atoms with Crippen LogP contribution < -0.4 is 10.1 Å². The van der Waals surface area contributed by atoms with Gasteiger partial charge in [0.05, 0.1) is 17.8 Å². The molecule has 0 radical (unpaired) electrons. The van der Waals surface area contributed by atoms with Crippen LogP contribution in [-0.4, -0.2) is 28.2 Å². The minimum absolute atomic E-state index is 0.0360. The minimum Gasteiger partial charge on any atom is -0.491 e. The number of aliphatic carboxylic acids is 1. The highest BCUT2D eigenvalue weighted by atomic mass is 16.5. The average molecular weight is 525 g/mol. The fourth-order valence-corrected chi connectivity index (χ4v) is 5.06. The molecule has 3 aromatic carbocycles. The molecule has 0 bridgehead atoms.